The van der Waals surface area contributed by atoms with Crippen LogP contribution < -0.4 is 4.90 Å². The van der Waals surface area contributed by atoms with Crippen LogP contribution in [0, 0.1) is 0 Å². The quantitative estimate of drug-likeness (QED) is 0.905. The highest BCUT2D eigenvalue weighted by Crippen LogP contribution is 2.31. The summed E-state index contributed by atoms with van der Waals surface area (Å²) in [5.74, 6) is -0.895. The van der Waals surface area contributed by atoms with Gasteiger partial charge in [0.15, 0.2) is 0 Å². The Morgan fingerprint density at radius 1 is 1.30 bits per heavy atom. The van der Waals surface area contributed by atoms with Gasteiger partial charge in [-0.15, -0.1) is 0 Å². The highest BCUT2D eigenvalue weighted by Gasteiger charge is 2.33. The van der Waals surface area contributed by atoms with Crippen molar-refractivity contribution in [2.45, 2.75) is 51.1 Å². The fraction of sp³-hybridized carbons (Fsp3) is 0.556. The van der Waals surface area contributed by atoms with E-state index in [9.17, 15) is 14.7 Å². The molecule has 0 aliphatic carbocycles. The van der Waals surface area contributed by atoms with Gasteiger partial charge < -0.3 is 14.9 Å². The summed E-state index contributed by atoms with van der Waals surface area (Å²) in [7, 11) is 0. The Bertz CT molecular complexity index is 602. The van der Waals surface area contributed by atoms with Gasteiger partial charge in [0, 0.05) is 31.2 Å². The summed E-state index contributed by atoms with van der Waals surface area (Å²) < 4.78 is 0. The van der Waals surface area contributed by atoms with E-state index in [1.807, 2.05) is 0 Å². The molecule has 2 atom stereocenters. The number of benzene rings is 1. The molecule has 23 heavy (non-hydrogen) atoms. The van der Waals surface area contributed by atoms with Crippen LogP contribution in [0.15, 0.2) is 24.3 Å². The predicted octanol–water partition coefficient (Wildman–Crippen LogP) is 2.29. The van der Waals surface area contributed by atoms with Gasteiger partial charge in [-0.05, 0) is 44.2 Å². The first kappa shape index (κ1) is 15.8. The van der Waals surface area contributed by atoms with Crippen LogP contribution in [0.25, 0.3) is 0 Å². The lowest BCUT2D eigenvalue weighted by Crippen LogP contribution is -2.40. The fourth-order valence-electron chi connectivity index (χ4n) is 3.84. The Balaban J connectivity index is 1.54. The number of nitrogens with zero attached hydrogens (tertiary/aromatic N) is 2. The summed E-state index contributed by atoms with van der Waals surface area (Å²) in [4.78, 5) is 27.4. The van der Waals surface area contributed by atoms with Crippen LogP contribution in [0.3, 0.4) is 0 Å². The number of likely N-dealkylation sites (tertiary alicyclic amines) is 1. The SMILES string of the molecule is CC1Cc2ccccc2N1CCCC(=O)N1CCCC1C(=O)O. The van der Waals surface area contributed by atoms with Crippen molar-refractivity contribution in [3.63, 3.8) is 0 Å². The lowest BCUT2D eigenvalue weighted by molar-refractivity contribution is -0.148. The molecule has 5 heteroatoms. The zero-order valence-electron chi connectivity index (χ0n) is 13.6. The summed E-state index contributed by atoms with van der Waals surface area (Å²) in [6.07, 6.45) is 3.61. The maximum absolute atomic E-state index is 12.3. The molecule has 0 aromatic heterocycles. The predicted molar refractivity (Wildman–Crippen MR) is 88.6 cm³/mol. The molecule has 3 rings (SSSR count). The van der Waals surface area contributed by atoms with Crippen LogP contribution in [0.1, 0.15) is 38.2 Å². The van der Waals surface area contributed by atoms with E-state index in [-0.39, 0.29) is 5.91 Å². The third-order valence-corrected chi connectivity index (χ3v) is 5.00. The summed E-state index contributed by atoms with van der Waals surface area (Å²) in [5, 5.41) is 9.17. The first-order valence-electron chi connectivity index (χ1n) is 8.44. The minimum absolute atomic E-state index is 0.0185. The number of amides is 1. The first-order valence-corrected chi connectivity index (χ1v) is 8.44. The molecule has 1 fully saturated rings. The summed E-state index contributed by atoms with van der Waals surface area (Å²) >= 11 is 0. The maximum atomic E-state index is 12.3. The number of carbonyl (C=O) groups excluding carboxylic acids is 1. The Hall–Kier alpha value is -2.04. The number of hydrogen-bond donors (Lipinski definition) is 1. The van der Waals surface area contributed by atoms with E-state index in [1.54, 1.807) is 4.90 Å². The van der Waals surface area contributed by atoms with Crippen molar-refractivity contribution in [3.8, 4) is 0 Å². The molecule has 0 radical (unpaired) electrons. The molecular formula is C18H24N2O3. The standard InChI is InChI=1S/C18H24N2O3/c1-13-12-14-6-2-3-7-15(14)19(13)10-5-9-17(21)20-11-4-8-16(20)18(22)23/h2-3,6-7,13,16H,4-5,8-12H2,1H3,(H,22,23). The van der Waals surface area contributed by atoms with E-state index in [0.29, 0.717) is 25.4 Å². The second-order valence-corrected chi connectivity index (χ2v) is 6.56. The van der Waals surface area contributed by atoms with E-state index < -0.39 is 12.0 Å². The molecule has 0 spiro atoms. The first-order chi connectivity index (χ1) is 11.1. The Morgan fingerprint density at radius 2 is 2.09 bits per heavy atom. The molecule has 2 unspecified atom stereocenters. The highest BCUT2D eigenvalue weighted by atomic mass is 16.4. The van der Waals surface area contributed by atoms with Crippen LogP contribution in [-0.4, -0.2) is 47.1 Å². The van der Waals surface area contributed by atoms with Gasteiger partial charge in [0.25, 0.3) is 0 Å². The number of hydrogen-bond acceptors (Lipinski definition) is 3. The zero-order valence-corrected chi connectivity index (χ0v) is 13.6. The molecule has 5 nitrogen and oxygen atoms in total. The summed E-state index contributed by atoms with van der Waals surface area (Å²) in [6.45, 7) is 3.64. The Kier molecular flexibility index (Phi) is 4.55. The van der Waals surface area contributed by atoms with Crippen molar-refractivity contribution in [2.24, 2.45) is 0 Å². The average molecular weight is 316 g/mol. The van der Waals surface area contributed by atoms with E-state index >= 15 is 0 Å². The van der Waals surface area contributed by atoms with Gasteiger partial charge in [0.1, 0.15) is 6.04 Å². The molecular weight excluding hydrogens is 292 g/mol. The molecule has 1 saturated heterocycles. The van der Waals surface area contributed by atoms with Gasteiger partial charge in [0.05, 0.1) is 0 Å². The van der Waals surface area contributed by atoms with Crippen molar-refractivity contribution in [1.82, 2.24) is 4.90 Å². The molecule has 2 aliphatic heterocycles. The van der Waals surface area contributed by atoms with Crippen molar-refractivity contribution in [2.75, 3.05) is 18.0 Å². The third-order valence-electron chi connectivity index (χ3n) is 5.00. The van der Waals surface area contributed by atoms with E-state index in [1.165, 1.54) is 11.3 Å². The number of rotatable bonds is 5. The fourth-order valence-corrected chi connectivity index (χ4v) is 3.84. The van der Waals surface area contributed by atoms with Crippen molar-refractivity contribution >= 4 is 17.6 Å². The van der Waals surface area contributed by atoms with Gasteiger partial charge in [-0.1, -0.05) is 18.2 Å². The van der Waals surface area contributed by atoms with Crippen molar-refractivity contribution in [1.29, 1.82) is 0 Å². The van der Waals surface area contributed by atoms with E-state index in [2.05, 4.69) is 36.1 Å². The van der Waals surface area contributed by atoms with Crippen LogP contribution in [0.5, 0.6) is 0 Å². The smallest absolute Gasteiger partial charge is 0.326 e. The molecule has 1 amide bonds. The van der Waals surface area contributed by atoms with Gasteiger partial charge >= 0.3 is 5.97 Å². The van der Waals surface area contributed by atoms with Crippen LogP contribution in [-0.2, 0) is 16.0 Å². The monoisotopic (exact) mass is 316 g/mol. The molecule has 1 aromatic rings. The van der Waals surface area contributed by atoms with E-state index in [4.69, 9.17) is 0 Å². The number of fused-ring (bicyclic) bond motifs is 1. The minimum atomic E-state index is -0.877. The summed E-state index contributed by atoms with van der Waals surface area (Å²) in [5.41, 5.74) is 2.65. The number of carboxylic acids is 1. The zero-order chi connectivity index (χ0) is 16.4. The molecule has 2 aliphatic rings. The largest absolute Gasteiger partial charge is 0.480 e. The Morgan fingerprint density at radius 3 is 2.87 bits per heavy atom. The molecule has 1 N–H and O–H groups in total. The molecule has 124 valence electrons. The highest BCUT2D eigenvalue weighted by molar-refractivity contribution is 5.84. The van der Waals surface area contributed by atoms with Gasteiger partial charge in [-0.2, -0.15) is 0 Å². The van der Waals surface area contributed by atoms with Gasteiger partial charge in [0.2, 0.25) is 5.91 Å². The number of carboxylic acid groups (broad SMARTS) is 1. The number of carbonyl (C=O) groups is 2. The topological polar surface area (TPSA) is 60.9 Å². The van der Waals surface area contributed by atoms with Gasteiger partial charge in [-0.3, -0.25) is 4.79 Å². The van der Waals surface area contributed by atoms with Crippen LogP contribution in [0.4, 0.5) is 5.69 Å². The number of aliphatic carboxylic acids is 1. The normalized spacial score (nSPS) is 23.2. The molecule has 0 bridgehead atoms. The minimum Gasteiger partial charge on any atom is -0.480 e. The lowest BCUT2D eigenvalue weighted by Gasteiger charge is -2.26. The number of para-hydroxylation sites is 1. The lowest BCUT2D eigenvalue weighted by atomic mass is 10.1. The maximum Gasteiger partial charge on any atom is 0.326 e. The number of anilines is 1. The second-order valence-electron chi connectivity index (χ2n) is 6.56. The Labute approximate surface area is 136 Å². The third kappa shape index (κ3) is 3.19. The van der Waals surface area contributed by atoms with E-state index in [0.717, 1.165) is 25.8 Å². The molecule has 2 heterocycles. The average Bonchev–Trinajstić information content (AvgIpc) is 3.12. The van der Waals surface area contributed by atoms with Crippen molar-refractivity contribution < 1.29 is 14.7 Å². The summed E-state index contributed by atoms with van der Waals surface area (Å²) in [6, 6.07) is 8.27. The van der Waals surface area contributed by atoms with Crippen LogP contribution in [0.2, 0.25) is 0 Å². The molecule has 1 aromatic carbocycles. The van der Waals surface area contributed by atoms with Crippen molar-refractivity contribution in [3.05, 3.63) is 29.8 Å². The van der Waals surface area contributed by atoms with Gasteiger partial charge in [-0.25, -0.2) is 4.79 Å². The van der Waals surface area contributed by atoms with Crippen LogP contribution >= 0.6 is 0 Å². The molecule has 0 saturated carbocycles. The second kappa shape index (κ2) is 6.60.